The van der Waals surface area contributed by atoms with Gasteiger partial charge in [0, 0.05) is 22.0 Å². The quantitative estimate of drug-likeness (QED) is 0.696. The first-order chi connectivity index (χ1) is 9.66. The summed E-state index contributed by atoms with van der Waals surface area (Å²) in [4.78, 5) is 9.98. The van der Waals surface area contributed by atoms with E-state index in [0.717, 1.165) is 21.7 Å². The molecule has 3 atom stereocenters. The van der Waals surface area contributed by atoms with E-state index in [1.165, 1.54) is 24.2 Å². The summed E-state index contributed by atoms with van der Waals surface area (Å²) < 4.78 is 0. The number of hydrogen-bond donors (Lipinski definition) is 0. The van der Waals surface area contributed by atoms with E-state index in [4.69, 9.17) is 9.97 Å². The van der Waals surface area contributed by atoms with Crippen molar-refractivity contribution in [1.29, 1.82) is 0 Å². The van der Waals surface area contributed by atoms with E-state index in [1.807, 2.05) is 12.1 Å². The van der Waals surface area contributed by atoms with Crippen molar-refractivity contribution in [2.75, 3.05) is 10.7 Å². The van der Waals surface area contributed by atoms with Gasteiger partial charge in [-0.1, -0.05) is 50.9 Å². The van der Waals surface area contributed by atoms with Gasteiger partial charge in [-0.25, -0.2) is 9.97 Å². The van der Waals surface area contributed by atoms with Crippen molar-refractivity contribution in [3.63, 3.8) is 0 Å². The minimum absolute atomic E-state index is 0.132. The average molecular weight is 396 g/mol. The zero-order valence-corrected chi connectivity index (χ0v) is 14.5. The molecule has 0 spiro atoms. The molecule has 0 N–H and O–H groups in total. The highest BCUT2D eigenvalue weighted by atomic mass is 79.9. The topological polar surface area (TPSA) is 25.8 Å². The van der Waals surface area contributed by atoms with Crippen LogP contribution in [0.15, 0.2) is 24.3 Å². The van der Waals surface area contributed by atoms with Crippen LogP contribution in [0.25, 0.3) is 11.0 Å². The maximum absolute atomic E-state index is 5.01. The molecular formula is C16H16Br2N2. The van der Waals surface area contributed by atoms with E-state index < -0.39 is 0 Å². The van der Waals surface area contributed by atoms with Gasteiger partial charge in [-0.05, 0) is 30.4 Å². The van der Waals surface area contributed by atoms with E-state index in [9.17, 15) is 0 Å². The summed E-state index contributed by atoms with van der Waals surface area (Å²) in [5, 5.41) is 1.98. The Morgan fingerprint density at radius 3 is 2.50 bits per heavy atom. The lowest BCUT2D eigenvalue weighted by molar-refractivity contribution is 0.243. The van der Waals surface area contributed by atoms with Crippen LogP contribution in [0.4, 0.5) is 0 Å². The summed E-state index contributed by atoms with van der Waals surface area (Å²) in [7, 11) is 0. The molecule has 0 radical (unpaired) electrons. The molecule has 0 saturated heterocycles. The monoisotopic (exact) mass is 394 g/mol. The zero-order chi connectivity index (χ0) is 14.0. The highest BCUT2D eigenvalue weighted by Crippen LogP contribution is 2.68. The molecule has 4 rings (SSSR count). The molecule has 2 aliphatic rings. The van der Waals surface area contributed by atoms with Crippen LogP contribution in [0.5, 0.6) is 0 Å². The molecule has 2 aliphatic carbocycles. The first-order valence-electron chi connectivity index (χ1n) is 7.05. The Bertz CT molecular complexity index is 702. The Morgan fingerprint density at radius 2 is 1.85 bits per heavy atom. The molecule has 2 aromatic rings. The number of alkyl halides is 2. The van der Waals surface area contributed by atoms with Crippen LogP contribution in [-0.2, 0) is 5.41 Å². The van der Waals surface area contributed by atoms with Crippen molar-refractivity contribution in [2.24, 2.45) is 5.41 Å². The summed E-state index contributed by atoms with van der Waals surface area (Å²) >= 11 is 7.55. The molecule has 0 aliphatic heterocycles. The summed E-state index contributed by atoms with van der Waals surface area (Å²) in [5.74, 6) is 0.534. The number of aromatic nitrogens is 2. The largest absolute Gasteiger partial charge is 0.249 e. The number of rotatable bonds is 2. The fraction of sp³-hybridized carbons (Fsp3) is 0.500. The Hall–Kier alpha value is -0.480. The van der Waals surface area contributed by atoms with Gasteiger partial charge in [-0.3, -0.25) is 0 Å². The second-order valence-electron chi connectivity index (χ2n) is 6.30. The van der Waals surface area contributed by atoms with Gasteiger partial charge in [0.25, 0.3) is 0 Å². The van der Waals surface area contributed by atoms with Gasteiger partial charge in [0.15, 0.2) is 0 Å². The lowest BCUT2D eigenvalue weighted by atomic mass is 9.70. The van der Waals surface area contributed by atoms with Gasteiger partial charge >= 0.3 is 0 Å². The molecule has 20 heavy (non-hydrogen) atoms. The Balaban J connectivity index is 2.05. The van der Waals surface area contributed by atoms with Gasteiger partial charge in [0.1, 0.15) is 0 Å². The van der Waals surface area contributed by atoms with Crippen LogP contribution in [0, 0.1) is 5.41 Å². The highest BCUT2D eigenvalue weighted by molar-refractivity contribution is 9.09. The predicted molar refractivity (Wildman–Crippen MR) is 88.9 cm³/mol. The van der Waals surface area contributed by atoms with Gasteiger partial charge in [-0.15, -0.1) is 0 Å². The van der Waals surface area contributed by atoms with E-state index >= 15 is 0 Å². The lowest BCUT2D eigenvalue weighted by Gasteiger charge is -2.38. The van der Waals surface area contributed by atoms with E-state index in [-0.39, 0.29) is 10.8 Å². The van der Waals surface area contributed by atoms with E-state index in [0.29, 0.717) is 5.92 Å². The van der Waals surface area contributed by atoms with E-state index in [1.54, 1.807) is 0 Å². The normalized spacial score (nSPS) is 34.6. The highest BCUT2D eigenvalue weighted by Gasteiger charge is 2.65. The molecule has 0 unspecified atom stereocenters. The van der Waals surface area contributed by atoms with Gasteiger partial charge in [0.05, 0.1) is 22.4 Å². The summed E-state index contributed by atoms with van der Waals surface area (Å²) in [5.41, 5.74) is 4.89. The molecule has 104 valence electrons. The summed E-state index contributed by atoms with van der Waals surface area (Å²) in [6, 6.07) is 8.23. The van der Waals surface area contributed by atoms with Gasteiger partial charge in [-0.2, -0.15) is 0 Å². The predicted octanol–water partition coefficient (Wildman–Crippen LogP) is 4.55. The van der Waals surface area contributed by atoms with Crippen molar-refractivity contribution in [3.05, 3.63) is 35.7 Å². The first kappa shape index (κ1) is 13.2. The fourth-order valence-electron chi connectivity index (χ4n) is 4.27. The molecule has 1 heterocycles. The van der Waals surface area contributed by atoms with Crippen molar-refractivity contribution in [2.45, 2.75) is 31.1 Å². The maximum atomic E-state index is 5.01. The fourth-order valence-corrected chi connectivity index (χ4v) is 6.38. The van der Waals surface area contributed by atoms with E-state index in [2.05, 4.69) is 50.9 Å². The molecule has 1 aromatic heterocycles. The number of para-hydroxylation sites is 2. The Labute approximate surface area is 135 Å². The second-order valence-corrected chi connectivity index (χ2v) is 7.43. The molecule has 4 heteroatoms. The Morgan fingerprint density at radius 1 is 1.15 bits per heavy atom. The molecule has 1 aromatic carbocycles. The van der Waals surface area contributed by atoms with Gasteiger partial charge in [0.2, 0.25) is 0 Å². The third-order valence-corrected chi connectivity index (χ3v) is 7.73. The number of hydrogen-bond acceptors (Lipinski definition) is 2. The zero-order valence-electron chi connectivity index (χ0n) is 11.4. The van der Waals surface area contributed by atoms with Crippen LogP contribution >= 0.6 is 31.9 Å². The second kappa shape index (κ2) is 4.26. The van der Waals surface area contributed by atoms with Crippen LogP contribution in [0.2, 0.25) is 0 Å². The summed E-state index contributed by atoms with van der Waals surface area (Å²) in [6.45, 7) is 2.40. The smallest absolute Gasteiger partial charge is 0.0890 e. The van der Waals surface area contributed by atoms with Crippen molar-refractivity contribution in [1.82, 2.24) is 9.97 Å². The lowest BCUT2D eigenvalue weighted by Crippen LogP contribution is -2.40. The number of nitrogens with zero attached hydrogens (tertiary/aromatic N) is 2. The van der Waals surface area contributed by atoms with Crippen molar-refractivity contribution in [3.8, 4) is 0 Å². The number of fused-ring (bicyclic) bond motifs is 6. The molecule has 1 saturated carbocycles. The molecule has 2 bridgehead atoms. The molecule has 0 amide bonds. The van der Waals surface area contributed by atoms with Gasteiger partial charge < -0.3 is 0 Å². The third kappa shape index (κ3) is 1.35. The minimum atomic E-state index is 0.132. The Kier molecular flexibility index (Phi) is 2.81. The summed E-state index contributed by atoms with van der Waals surface area (Å²) in [6.07, 6.45) is 2.44. The third-order valence-electron chi connectivity index (χ3n) is 5.61. The molecular weight excluding hydrogens is 380 g/mol. The minimum Gasteiger partial charge on any atom is -0.249 e. The first-order valence-corrected chi connectivity index (χ1v) is 9.30. The van der Waals surface area contributed by atoms with Crippen LogP contribution in [0.1, 0.15) is 37.1 Å². The van der Waals surface area contributed by atoms with Crippen LogP contribution in [-0.4, -0.2) is 20.6 Å². The SMILES string of the molecule is C[C@@]1(CBr)[C@H]2CC[C@@]1(CBr)c1nc3ccccc3nc12. The van der Waals surface area contributed by atoms with Crippen molar-refractivity contribution < 1.29 is 0 Å². The standard InChI is InChI=1S/C16H16Br2N2/c1-15(8-17)10-6-7-16(15,9-18)14-13(10)19-11-4-2-3-5-12(11)20-14/h2-5,10H,6-9H2,1H3/t10-,15+,16+/m0/s1. The average Bonchev–Trinajstić information content (AvgIpc) is 2.90. The number of benzene rings is 1. The van der Waals surface area contributed by atoms with Crippen LogP contribution < -0.4 is 0 Å². The maximum Gasteiger partial charge on any atom is 0.0890 e. The van der Waals surface area contributed by atoms with Crippen molar-refractivity contribution >= 4 is 42.9 Å². The molecule has 1 fully saturated rings. The number of halogens is 2. The van der Waals surface area contributed by atoms with Crippen LogP contribution in [0.3, 0.4) is 0 Å². The molecule has 2 nitrogen and oxygen atoms in total.